The van der Waals surface area contributed by atoms with Gasteiger partial charge in [-0.2, -0.15) is 0 Å². The van der Waals surface area contributed by atoms with Crippen LogP contribution in [-0.4, -0.2) is 48.7 Å². The van der Waals surface area contributed by atoms with Gasteiger partial charge in [-0.15, -0.1) is 10.2 Å². The SMILES string of the molecule is COCCNc1nnc(SC(C)C(=O)NCc2ccccc2OC)s1. The standard InChI is InChI=1S/C16H22N4O3S2/c1-11(24-16-20-19-15(25-16)17-8-9-22-2)14(21)18-10-12-6-4-5-7-13(12)23-3/h4-7,11H,8-10H2,1-3H3,(H,17,19)(H,18,21). The van der Waals surface area contributed by atoms with Gasteiger partial charge in [0.05, 0.1) is 19.0 Å². The molecule has 25 heavy (non-hydrogen) atoms. The zero-order valence-electron chi connectivity index (χ0n) is 14.4. The van der Waals surface area contributed by atoms with Crippen LogP contribution in [0, 0.1) is 0 Å². The highest BCUT2D eigenvalue weighted by Crippen LogP contribution is 2.29. The maximum absolute atomic E-state index is 12.3. The summed E-state index contributed by atoms with van der Waals surface area (Å²) in [5.41, 5.74) is 0.941. The number of para-hydroxylation sites is 1. The van der Waals surface area contributed by atoms with Crippen LogP contribution in [0.5, 0.6) is 5.75 Å². The first-order valence-electron chi connectivity index (χ1n) is 7.76. The Kier molecular flexibility index (Phi) is 7.96. The van der Waals surface area contributed by atoms with Crippen molar-refractivity contribution in [3.05, 3.63) is 29.8 Å². The molecule has 2 rings (SSSR count). The molecule has 1 heterocycles. The molecule has 2 N–H and O–H groups in total. The average molecular weight is 383 g/mol. The summed E-state index contributed by atoms with van der Waals surface area (Å²) in [6, 6.07) is 7.62. The van der Waals surface area contributed by atoms with Gasteiger partial charge in [0, 0.05) is 25.8 Å². The molecule has 1 unspecified atom stereocenters. The van der Waals surface area contributed by atoms with E-state index in [2.05, 4.69) is 20.8 Å². The Morgan fingerprint density at radius 2 is 2.12 bits per heavy atom. The molecule has 0 radical (unpaired) electrons. The van der Waals surface area contributed by atoms with Crippen molar-refractivity contribution < 1.29 is 14.3 Å². The summed E-state index contributed by atoms with van der Waals surface area (Å²) < 4.78 is 11.0. The number of nitrogens with zero attached hydrogens (tertiary/aromatic N) is 2. The van der Waals surface area contributed by atoms with Crippen LogP contribution < -0.4 is 15.4 Å². The van der Waals surface area contributed by atoms with Crippen LogP contribution in [0.1, 0.15) is 12.5 Å². The van der Waals surface area contributed by atoms with E-state index in [9.17, 15) is 4.79 Å². The third-order valence-corrected chi connectivity index (χ3v) is 5.35. The highest BCUT2D eigenvalue weighted by Gasteiger charge is 2.17. The highest BCUT2D eigenvalue weighted by molar-refractivity contribution is 8.02. The van der Waals surface area contributed by atoms with E-state index in [-0.39, 0.29) is 11.2 Å². The van der Waals surface area contributed by atoms with E-state index < -0.39 is 0 Å². The zero-order chi connectivity index (χ0) is 18.1. The molecule has 0 aliphatic carbocycles. The lowest BCUT2D eigenvalue weighted by molar-refractivity contribution is -0.120. The maximum Gasteiger partial charge on any atom is 0.233 e. The van der Waals surface area contributed by atoms with Gasteiger partial charge in [0.15, 0.2) is 4.34 Å². The van der Waals surface area contributed by atoms with Gasteiger partial charge >= 0.3 is 0 Å². The summed E-state index contributed by atoms with van der Waals surface area (Å²) in [6.45, 7) is 3.55. The first kappa shape index (κ1) is 19.5. The molecule has 1 aromatic heterocycles. The monoisotopic (exact) mass is 382 g/mol. The number of methoxy groups -OCH3 is 2. The molecule has 136 valence electrons. The van der Waals surface area contributed by atoms with Gasteiger partial charge in [-0.1, -0.05) is 41.3 Å². The van der Waals surface area contributed by atoms with E-state index in [4.69, 9.17) is 9.47 Å². The average Bonchev–Trinajstić information content (AvgIpc) is 3.07. The second-order valence-electron chi connectivity index (χ2n) is 5.08. The van der Waals surface area contributed by atoms with Gasteiger partial charge in [-0.25, -0.2) is 0 Å². The van der Waals surface area contributed by atoms with Crippen molar-refractivity contribution in [2.24, 2.45) is 0 Å². The number of amides is 1. The Labute approximate surface area is 155 Å². The first-order valence-corrected chi connectivity index (χ1v) is 9.46. The fourth-order valence-electron chi connectivity index (χ4n) is 1.97. The minimum Gasteiger partial charge on any atom is -0.496 e. The quantitative estimate of drug-likeness (QED) is 0.482. The Bertz CT molecular complexity index is 681. The van der Waals surface area contributed by atoms with Gasteiger partial charge in [-0.3, -0.25) is 4.79 Å². The largest absolute Gasteiger partial charge is 0.496 e. The second-order valence-corrected chi connectivity index (χ2v) is 7.65. The molecule has 7 nitrogen and oxygen atoms in total. The summed E-state index contributed by atoms with van der Waals surface area (Å²) >= 11 is 2.81. The number of aromatic nitrogens is 2. The number of thioether (sulfide) groups is 1. The van der Waals surface area contributed by atoms with E-state index >= 15 is 0 Å². The van der Waals surface area contributed by atoms with Crippen molar-refractivity contribution in [3.8, 4) is 5.75 Å². The normalized spacial score (nSPS) is 11.8. The van der Waals surface area contributed by atoms with Crippen LogP contribution in [0.25, 0.3) is 0 Å². The number of ether oxygens (including phenoxy) is 2. The van der Waals surface area contributed by atoms with Crippen molar-refractivity contribution in [2.45, 2.75) is 23.1 Å². The van der Waals surface area contributed by atoms with E-state index in [1.165, 1.54) is 23.1 Å². The Morgan fingerprint density at radius 3 is 2.88 bits per heavy atom. The lowest BCUT2D eigenvalue weighted by atomic mass is 10.2. The van der Waals surface area contributed by atoms with Crippen LogP contribution in [0.2, 0.25) is 0 Å². The molecular formula is C16H22N4O3S2. The number of carbonyl (C=O) groups excluding carboxylic acids is 1. The highest BCUT2D eigenvalue weighted by atomic mass is 32.2. The fraction of sp³-hybridized carbons (Fsp3) is 0.438. The summed E-state index contributed by atoms with van der Waals surface area (Å²) in [5.74, 6) is 0.707. The Hall–Kier alpha value is -1.84. The summed E-state index contributed by atoms with van der Waals surface area (Å²) in [5, 5.41) is 14.6. The molecule has 0 saturated carbocycles. The van der Waals surface area contributed by atoms with Crippen molar-refractivity contribution in [1.29, 1.82) is 0 Å². The molecule has 0 aliphatic heterocycles. The van der Waals surface area contributed by atoms with Crippen molar-refractivity contribution in [2.75, 3.05) is 32.7 Å². The molecule has 2 aromatic rings. The Balaban J connectivity index is 1.82. The number of hydrogen-bond donors (Lipinski definition) is 2. The summed E-state index contributed by atoms with van der Waals surface area (Å²) in [7, 11) is 3.27. The number of benzene rings is 1. The minimum absolute atomic E-state index is 0.0556. The topological polar surface area (TPSA) is 85.4 Å². The van der Waals surface area contributed by atoms with Gasteiger partial charge in [0.25, 0.3) is 0 Å². The molecule has 0 bridgehead atoms. The van der Waals surface area contributed by atoms with Crippen molar-refractivity contribution in [3.63, 3.8) is 0 Å². The van der Waals surface area contributed by atoms with Crippen LogP contribution in [0.3, 0.4) is 0 Å². The smallest absolute Gasteiger partial charge is 0.233 e. The molecule has 0 saturated heterocycles. The van der Waals surface area contributed by atoms with E-state index in [1.54, 1.807) is 14.2 Å². The second kappa shape index (κ2) is 10.2. The maximum atomic E-state index is 12.3. The van der Waals surface area contributed by atoms with Crippen molar-refractivity contribution in [1.82, 2.24) is 15.5 Å². The number of anilines is 1. The number of carbonyl (C=O) groups is 1. The van der Waals surface area contributed by atoms with Crippen LogP contribution in [0.4, 0.5) is 5.13 Å². The van der Waals surface area contributed by atoms with Gasteiger partial charge in [0.1, 0.15) is 5.75 Å². The van der Waals surface area contributed by atoms with Crippen LogP contribution >= 0.6 is 23.1 Å². The fourth-order valence-corrected chi connectivity index (χ4v) is 3.91. The van der Waals surface area contributed by atoms with E-state index in [0.29, 0.717) is 19.7 Å². The summed E-state index contributed by atoms with van der Waals surface area (Å²) in [4.78, 5) is 12.3. The number of rotatable bonds is 10. The lowest BCUT2D eigenvalue weighted by Crippen LogP contribution is -2.30. The van der Waals surface area contributed by atoms with Gasteiger partial charge in [0.2, 0.25) is 11.0 Å². The van der Waals surface area contributed by atoms with Gasteiger partial charge in [-0.05, 0) is 13.0 Å². The zero-order valence-corrected chi connectivity index (χ0v) is 16.1. The molecule has 0 spiro atoms. The number of nitrogens with one attached hydrogen (secondary N) is 2. The van der Waals surface area contributed by atoms with E-state index in [0.717, 1.165) is 20.8 Å². The predicted molar refractivity (Wildman–Crippen MR) is 100 cm³/mol. The molecule has 1 aromatic carbocycles. The van der Waals surface area contributed by atoms with Crippen molar-refractivity contribution >= 4 is 34.1 Å². The minimum atomic E-state index is -0.269. The summed E-state index contributed by atoms with van der Waals surface area (Å²) in [6.07, 6.45) is 0. The third kappa shape index (κ3) is 6.18. The van der Waals surface area contributed by atoms with Crippen LogP contribution in [-0.2, 0) is 16.1 Å². The number of hydrogen-bond acceptors (Lipinski definition) is 8. The third-order valence-electron chi connectivity index (χ3n) is 3.28. The molecule has 0 aliphatic rings. The van der Waals surface area contributed by atoms with E-state index in [1.807, 2.05) is 31.2 Å². The molecule has 9 heteroatoms. The first-order chi connectivity index (χ1) is 12.1. The molecule has 0 fully saturated rings. The lowest BCUT2D eigenvalue weighted by Gasteiger charge is -2.12. The van der Waals surface area contributed by atoms with Crippen LogP contribution in [0.15, 0.2) is 28.6 Å². The molecular weight excluding hydrogens is 360 g/mol. The van der Waals surface area contributed by atoms with Gasteiger partial charge < -0.3 is 20.1 Å². The predicted octanol–water partition coefficient (Wildman–Crippen LogP) is 2.40. The Morgan fingerprint density at radius 1 is 1.32 bits per heavy atom. The molecule has 1 atom stereocenters. The molecule has 1 amide bonds.